The monoisotopic (exact) mass is 670 g/mol. The van der Waals surface area contributed by atoms with Crippen LogP contribution >= 0.6 is 23.4 Å². The summed E-state index contributed by atoms with van der Waals surface area (Å²) in [6.45, 7) is 0. The van der Waals surface area contributed by atoms with Crippen LogP contribution in [-0.2, 0) is 25.4 Å². The van der Waals surface area contributed by atoms with Crippen molar-refractivity contribution in [2.45, 2.75) is 37.5 Å². The second-order valence-electron chi connectivity index (χ2n) is 7.21. The van der Waals surface area contributed by atoms with Gasteiger partial charge in [-0.2, -0.15) is 43.9 Å². The molecule has 0 aromatic heterocycles. The molecule has 0 aliphatic rings. The third-order valence-corrected chi connectivity index (χ3v) is 8.61. The minimum Gasteiger partial charge on any atom is -0.324 e. The van der Waals surface area contributed by atoms with Crippen molar-refractivity contribution in [1.82, 2.24) is 0 Å². The minimum absolute atomic E-state index is 0.110. The Morgan fingerprint density at radius 3 is 2.08 bits per heavy atom. The molecule has 0 spiro atoms. The van der Waals surface area contributed by atoms with E-state index < -0.39 is 103 Å². The lowest BCUT2D eigenvalue weighted by Gasteiger charge is -2.27. The normalized spacial score (nSPS) is 14.1. The Morgan fingerprint density at radius 2 is 1.57 bits per heavy atom. The summed E-state index contributed by atoms with van der Waals surface area (Å²) in [7, 11) is -8.62. The third-order valence-electron chi connectivity index (χ3n) is 4.43. The zero-order valence-electron chi connectivity index (χ0n) is 18.5. The maximum atomic E-state index is 13.7. The summed E-state index contributed by atoms with van der Waals surface area (Å²) in [6, 6.07) is 2.40. The van der Waals surface area contributed by atoms with Crippen molar-refractivity contribution in [1.29, 1.82) is 0 Å². The number of thioether (sulfide) groups is 1. The van der Waals surface area contributed by atoms with Gasteiger partial charge in [-0.1, -0.05) is 11.6 Å². The highest BCUT2D eigenvalue weighted by atomic mass is 35.5. The number of hydrogen-bond acceptors (Lipinski definition) is 7. The fraction of sp³-hybridized carbons (Fsp3) is 0.278. The standard InChI is InChI=1S/C18H9ClF10N2O6S3/c19-10-3-2-9(40(36,37)18(27,28)29)6-11(10)30-14(32)7-39(35)13-4-1-8(5-12(13)31(33)34)38-17(25,26)15(20,21)16(22,23)24/h1-6H,7H2,(H,30,32). The fourth-order valence-electron chi connectivity index (χ4n) is 2.56. The van der Waals surface area contributed by atoms with Crippen LogP contribution in [0, 0.1) is 10.1 Å². The highest BCUT2D eigenvalue weighted by Crippen LogP contribution is 2.54. The summed E-state index contributed by atoms with van der Waals surface area (Å²) in [4.78, 5) is 18.8. The average Bonchev–Trinajstić information content (AvgIpc) is 2.78. The molecule has 0 fully saturated rings. The summed E-state index contributed by atoms with van der Waals surface area (Å²) in [6.07, 6.45) is -6.68. The summed E-state index contributed by atoms with van der Waals surface area (Å²) < 4.78 is 165. The first-order chi connectivity index (χ1) is 17.9. The van der Waals surface area contributed by atoms with E-state index in [1.54, 1.807) is 0 Å². The van der Waals surface area contributed by atoms with E-state index in [4.69, 9.17) is 11.6 Å². The average molecular weight is 671 g/mol. The van der Waals surface area contributed by atoms with Crippen molar-refractivity contribution >= 4 is 61.3 Å². The second kappa shape index (κ2) is 11.3. The van der Waals surface area contributed by atoms with E-state index in [2.05, 4.69) is 0 Å². The van der Waals surface area contributed by atoms with E-state index in [1.807, 2.05) is 5.32 Å². The van der Waals surface area contributed by atoms with Gasteiger partial charge in [-0.3, -0.25) is 19.1 Å². The lowest BCUT2D eigenvalue weighted by Crippen LogP contribution is -2.49. The van der Waals surface area contributed by atoms with Gasteiger partial charge in [0.1, 0.15) is 10.6 Å². The summed E-state index contributed by atoms with van der Waals surface area (Å²) in [5, 5.41) is 6.84. The molecule has 0 saturated carbocycles. The topological polar surface area (TPSA) is 123 Å². The Hall–Kier alpha value is -2.65. The van der Waals surface area contributed by atoms with Gasteiger partial charge in [-0.15, -0.1) is 0 Å². The molecule has 22 heteroatoms. The Kier molecular flexibility index (Phi) is 9.50. The number of nitrogens with one attached hydrogen (secondary N) is 1. The number of sulfone groups is 1. The van der Waals surface area contributed by atoms with Gasteiger partial charge in [0.25, 0.3) is 15.5 Å². The maximum Gasteiger partial charge on any atom is 0.501 e. The quantitative estimate of drug-likeness (QED) is 0.147. The number of nitro groups is 1. The molecule has 1 atom stereocenters. The van der Waals surface area contributed by atoms with Gasteiger partial charge in [0, 0.05) is 11.0 Å². The molecule has 2 aromatic carbocycles. The Bertz CT molecular complexity index is 1470. The van der Waals surface area contributed by atoms with Gasteiger partial charge in [-0.25, -0.2) is 8.42 Å². The van der Waals surface area contributed by atoms with Gasteiger partial charge >= 0.3 is 22.9 Å². The minimum atomic E-state index is -6.68. The molecule has 222 valence electrons. The van der Waals surface area contributed by atoms with Gasteiger partial charge in [0.2, 0.25) is 5.91 Å². The number of anilines is 1. The molecule has 0 saturated heterocycles. The van der Waals surface area contributed by atoms with Crippen LogP contribution in [0.2, 0.25) is 5.02 Å². The van der Waals surface area contributed by atoms with Crippen molar-refractivity contribution in [3.63, 3.8) is 0 Å². The highest BCUT2D eigenvalue weighted by molar-refractivity contribution is 8.00. The van der Waals surface area contributed by atoms with E-state index in [-0.39, 0.29) is 6.07 Å². The van der Waals surface area contributed by atoms with Crippen LogP contribution in [0.5, 0.6) is 0 Å². The summed E-state index contributed by atoms with van der Waals surface area (Å²) in [5.74, 6) is -9.12. The number of nitro benzene ring substituents is 1. The predicted octanol–water partition coefficient (Wildman–Crippen LogP) is 6.17. The number of alkyl halides is 10. The van der Waals surface area contributed by atoms with Crippen molar-refractivity contribution in [3.05, 3.63) is 51.5 Å². The number of rotatable bonds is 9. The molecular weight excluding hydrogens is 662 g/mol. The van der Waals surface area contributed by atoms with E-state index in [9.17, 15) is 71.4 Å². The molecular formula is C18H9ClF10N2O6S3. The molecule has 1 N–H and O–H groups in total. The SMILES string of the molecule is O=C(CS(=O)c1ccc(SC(F)(F)C(F)(F)C(F)(F)F)cc1[N+](=O)[O-])Nc1cc(S(=O)(=O)C(F)(F)F)ccc1Cl. The lowest BCUT2D eigenvalue weighted by atomic mass is 10.3. The number of benzene rings is 2. The molecule has 2 aromatic rings. The largest absolute Gasteiger partial charge is 0.501 e. The number of carbonyl (C=O) groups is 1. The number of halogens is 11. The fourth-order valence-corrected chi connectivity index (χ4v) is 5.41. The number of hydrogen-bond donors (Lipinski definition) is 1. The van der Waals surface area contributed by atoms with E-state index in [1.165, 1.54) is 0 Å². The van der Waals surface area contributed by atoms with E-state index >= 15 is 0 Å². The van der Waals surface area contributed by atoms with E-state index in [0.29, 0.717) is 30.3 Å². The van der Waals surface area contributed by atoms with Gasteiger partial charge < -0.3 is 5.32 Å². The van der Waals surface area contributed by atoms with E-state index in [0.717, 1.165) is 0 Å². The maximum absolute atomic E-state index is 13.7. The molecule has 1 amide bonds. The van der Waals surface area contributed by atoms with Gasteiger partial charge in [0.15, 0.2) is 0 Å². The van der Waals surface area contributed by atoms with Gasteiger partial charge in [-0.05, 0) is 42.1 Å². The smallest absolute Gasteiger partial charge is 0.324 e. The first-order valence-electron chi connectivity index (χ1n) is 9.51. The van der Waals surface area contributed by atoms with Crippen LogP contribution in [-0.4, -0.2) is 52.1 Å². The molecule has 0 heterocycles. The molecule has 40 heavy (non-hydrogen) atoms. The van der Waals surface area contributed by atoms with Crippen LogP contribution in [0.3, 0.4) is 0 Å². The van der Waals surface area contributed by atoms with Crippen LogP contribution < -0.4 is 5.32 Å². The molecule has 8 nitrogen and oxygen atoms in total. The highest BCUT2D eigenvalue weighted by Gasteiger charge is 2.73. The zero-order chi connectivity index (χ0) is 31.1. The molecule has 0 aliphatic carbocycles. The molecule has 1 unspecified atom stereocenters. The third kappa shape index (κ3) is 6.97. The van der Waals surface area contributed by atoms with Crippen molar-refractivity contribution in [2.75, 3.05) is 11.1 Å². The zero-order valence-corrected chi connectivity index (χ0v) is 21.7. The van der Waals surface area contributed by atoms with Crippen LogP contribution in [0.1, 0.15) is 0 Å². The van der Waals surface area contributed by atoms with Gasteiger partial charge in [0.05, 0.1) is 31.3 Å². The number of carbonyl (C=O) groups excluding carboxylic acids is 1. The molecule has 2 rings (SSSR count). The van der Waals surface area contributed by atoms with Crippen molar-refractivity contribution in [3.8, 4) is 0 Å². The summed E-state index contributed by atoms with van der Waals surface area (Å²) >= 11 is 4.34. The first kappa shape index (κ1) is 33.6. The van der Waals surface area contributed by atoms with Crippen LogP contribution in [0.25, 0.3) is 0 Å². The first-order valence-corrected chi connectivity index (χ1v) is 13.5. The molecule has 0 bridgehead atoms. The molecule has 0 aliphatic heterocycles. The Labute approximate surface area is 227 Å². The van der Waals surface area contributed by atoms with Crippen molar-refractivity contribution in [2.24, 2.45) is 0 Å². The Balaban J connectivity index is 2.31. The number of amides is 1. The Morgan fingerprint density at radius 1 is 1.00 bits per heavy atom. The summed E-state index contributed by atoms with van der Waals surface area (Å²) in [5.41, 5.74) is -7.75. The van der Waals surface area contributed by atoms with Crippen LogP contribution in [0.4, 0.5) is 55.3 Å². The van der Waals surface area contributed by atoms with Crippen LogP contribution in [0.15, 0.2) is 51.1 Å². The predicted molar refractivity (Wildman–Crippen MR) is 120 cm³/mol. The lowest BCUT2D eigenvalue weighted by molar-refractivity contribution is -0.388. The van der Waals surface area contributed by atoms with Crippen molar-refractivity contribution < 1.29 is 66.2 Å². The second-order valence-corrected chi connectivity index (χ2v) is 12.2. The number of nitrogens with zero attached hydrogens (tertiary/aromatic N) is 1. The molecule has 0 radical (unpaired) electrons.